The van der Waals surface area contributed by atoms with Gasteiger partial charge in [-0.15, -0.1) is 0 Å². The molecule has 2 amide bonds. The molecule has 1 atom stereocenters. The molecular weight excluding hydrogens is 320 g/mol. The number of anilines is 1. The Kier molecular flexibility index (Phi) is 5.54. The SMILES string of the molecule is CNC(=O)c1cccc(NC(=O)C[C@](C)(C(=O)O)c2ccccc2)c1. The third kappa shape index (κ3) is 4.23. The van der Waals surface area contributed by atoms with Crippen LogP contribution >= 0.6 is 0 Å². The van der Waals surface area contributed by atoms with Crippen LogP contribution in [0.5, 0.6) is 0 Å². The van der Waals surface area contributed by atoms with Crippen LogP contribution in [-0.2, 0) is 15.0 Å². The molecule has 2 rings (SSSR count). The first kappa shape index (κ1) is 18.2. The lowest BCUT2D eigenvalue weighted by atomic mass is 9.79. The molecule has 2 aromatic carbocycles. The number of hydrogen-bond donors (Lipinski definition) is 3. The van der Waals surface area contributed by atoms with Gasteiger partial charge in [0, 0.05) is 24.7 Å². The average Bonchev–Trinajstić information content (AvgIpc) is 2.61. The van der Waals surface area contributed by atoms with Gasteiger partial charge in [-0.1, -0.05) is 36.4 Å². The van der Waals surface area contributed by atoms with Crippen LogP contribution in [0.1, 0.15) is 29.3 Å². The zero-order valence-electron chi connectivity index (χ0n) is 14.1. The van der Waals surface area contributed by atoms with E-state index in [1.165, 1.54) is 20.0 Å². The van der Waals surface area contributed by atoms with E-state index in [4.69, 9.17) is 0 Å². The Morgan fingerprint density at radius 3 is 2.32 bits per heavy atom. The van der Waals surface area contributed by atoms with Crippen molar-refractivity contribution in [1.82, 2.24) is 5.32 Å². The fraction of sp³-hybridized carbons (Fsp3) is 0.211. The highest BCUT2D eigenvalue weighted by atomic mass is 16.4. The molecule has 0 fully saturated rings. The van der Waals surface area contributed by atoms with E-state index in [0.29, 0.717) is 16.8 Å². The lowest BCUT2D eigenvalue weighted by Gasteiger charge is -2.24. The summed E-state index contributed by atoms with van der Waals surface area (Å²) in [7, 11) is 1.52. The Balaban J connectivity index is 2.18. The minimum absolute atomic E-state index is 0.226. The van der Waals surface area contributed by atoms with Crippen molar-refractivity contribution in [1.29, 1.82) is 0 Å². The second kappa shape index (κ2) is 7.61. The predicted octanol–water partition coefficient (Wildman–Crippen LogP) is 2.42. The summed E-state index contributed by atoms with van der Waals surface area (Å²) >= 11 is 0. The van der Waals surface area contributed by atoms with Gasteiger partial charge in [0.2, 0.25) is 5.91 Å². The van der Waals surface area contributed by atoms with Crippen molar-refractivity contribution in [2.24, 2.45) is 0 Å². The number of amides is 2. The van der Waals surface area contributed by atoms with Gasteiger partial charge in [-0.05, 0) is 30.7 Å². The van der Waals surface area contributed by atoms with Gasteiger partial charge in [0.25, 0.3) is 5.91 Å². The third-order valence-electron chi connectivity index (χ3n) is 4.03. The van der Waals surface area contributed by atoms with E-state index in [1.54, 1.807) is 48.5 Å². The van der Waals surface area contributed by atoms with Gasteiger partial charge < -0.3 is 15.7 Å². The maximum Gasteiger partial charge on any atom is 0.314 e. The third-order valence-corrected chi connectivity index (χ3v) is 4.03. The molecule has 3 N–H and O–H groups in total. The first-order valence-corrected chi connectivity index (χ1v) is 7.78. The summed E-state index contributed by atoms with van der Waals surface area (Å²) in [4.78, 5) is 35.8. The first-order chi connectivity index (χ1) is 11.9. The molecule has 0 saturated carbocycles. The van der Waals surface area contributed by atoms with Crippen LogP contribution in [0.3, 0.4) is 0 Å². The molecule has 0 aliphatic rings. The van der Waals surface area contributed by atoms with Crippen molar-refractivity contribution in [3.63, 3.8) is 0 Å². The summed E-state index contributed by atoms with van der Waals surface area (Å²) in [5, 5.41) is 14.8. The highest BCUT2D eigenvalue weighted by Gasteiger charge is 2.37. The Labute approximate surface area is 145 Å². The van der Waals surface area contributed by atoms with Gasteiger partial charge in [-0.3, -0.25) is 14.4 Å². The molecule has 6 nitrogen and oxygen atoms in total. The summed E-state index contributed by atoms with van der Waals surface area (Å²) in [6.07, 6.45) is -0.226. The van der Waals surface area contributed by atoms with Crippen LogP contribution in [0, 0.1) is 0 Å². The van der Waals surface area contributed by atoms with Gasteiger partial charge >= 0.3 is 5.97 Å². The van der Waals surface area contributed by atoms with Crippen molar-refractivity contribution in [2.45, 2.75) is 18.8 Å². The van der Waals surface area contributed by atoms with Gasteiger partial charge in [0.05, 0.1) is 5.41 Å². The number of carboxylic acids is 1. The molecule has 25 heavy (non-hydrogen) atoms. The number of carbonyl (C=O) groups is 3. The van der Waals surface area contributed by atoms with Gasteiger partial charge in [0.15, 0.2) is 0 Å². The lowest BCUT2D eigenvalue weighted by molar-refractivity contribution is -0.145. The molecule has 0 aliphatic heterocycles. The molecule has 0 aromatic heterocycles. The Morgan fingerprint density at radius 1 is 1.04 bits per heavy atom. The number of aliphatic carboxylic acids is 1. The van der Waals surface area contributed by atoms with Crippen LogP contribution in [0.15, 0.2) is 54.6 Å². The predicted molar refractivity (Wildman–Crippen MR) is 94.5 cm³/mol. The average molecular weight is 340 g/mol. The molecular formula is C19H20N2O4. The van der Waals surface area contributed by atoms with Crippen LogP contribution in [0.4, 0.5) is 5.69 Å². The Hall–Kier alpha value is -3.15. The Morgan fingerprint density at radius 2 is 1.72 bits per heavy atom. The maximum absolute atomic E-state index is 12.4. The smallest absolute Gasteiger partial charge is 0.314 e. The fourth-order valence-electron chi connectivity index (χ4n) is 2.52. The normalized spacial score (nSPS) is 12.7. The van der Waals surface area contributed by atoms with Gasteiger partial charge in [-0.25, -0.2) is 0 Å². The van der Waals surface area contributed by atoms with Crippen molar-refractivity contribution < 1.29 is 19.5 Å². The summed E-state index contributed by atoms with van der Waals surface area (Å²) in [5.41, 5.74) is 0.0528. The number of carbonyl (C=O) groups excluding carboxylic acids is 2. The van der Waals surface area contributed by atoms with Crippen molar-refractivity contribution in [3.05, 3.63) is 65.7 Å². The molecule has 0 unspecified atom stereocenters. The fourth-order valence-corrected chi connectivity index (χ4v) is 2.52. The van der Waals surface area contributed by atoms with Crippen molar-refractivity contribution in [3.8, 4) is 0 Å². The number of hydrogen-bond acceptors (Lipinski definition) is 3. The summed E-state index contributed by atoms with van der Waals surface area (Å²) in [6.45, 7) is 1.52. The van der Waals surface area contributed by atoms with E-state index in [0.717, 1.165) is 0 Å². The zero-order chi connectivity index (χ0) is 18.4. The van der Waals surface area contributed by atoms with Crippen LogP contribution in [0.25, 0.3) is 0 Å². The van der Waals surface area contributed by atoms with Crippen molar-refractivity contribution in [2.75, 3.05) is 12.4 Å². The molecule has 6 heteroatoms. The minimum Gasteiger partial charge on any atom is -0.481 e. The quantitative estimate of drug-likeness (QED) is 0.752. The molecule has 0 bridgehead atoms. The van der Waals surface area contributed by atoms with Crippen LogP contribution < -0.4 is 10.6 Å². The van der Waals surface area contributed by atoms with E-state index >= 15 is 0 Å². The number of benzene rings is 2. The second-order valence-corrected chi connectivity index (χ2v) is 5.89. The van der Waals surface area contributed by atoms with Crippen LogP contribution in [0.2, 0.25) is 0 Å². The standard InChI is InChI=1S/C19H20N2O4/c1-19(18(24)25,14-8-4-3-5-9-14)12-16(22)21-15-10-6-7-13(11-15)17(23)20-2/h3-11H,12H2,1-2H3,(H,20,23)(H,21,22)(H,24,25)/t19-/m0/s1. The molecule has 0 heterocycles. The largest absolute Gasteiger partial charge is 0.481 e. The molecule has 0 saturated heterocycles. The van der Waals surface area contributed by atoms with Crippen molar-refractivity contribution >= 4 is 23.5 Å². The molecule has 130 valence electrons. The summed E-state index contributed by atoms with van der Waals surface area (Å²) in [5.74, 6) is -1.79. The van der Waals surface area contributed by atoms with Gasteiger partial charge in [-0.2, -0.15) is 0 Å². The number of rotatable bonds is 6. The van der Waals surface area contributed by atoms with E-state index in [9.17, 15) is 19.5 Å². The summed E-state index contributed by atoms with van der Waals surface area (Å²) in [6, 6.07) is 15.1. The second-order valence-electron chi connectivity index (χ2n) is 5.89. The molecule has 0 radical (unpaired) electrons. The highest BCUT2D eigenvalue weighted by Crippen LogP contribution is 2.28. The minimum atomic E-state index is -1.34. The Bertz CT molecular complexity index is 789. The van der Waals surface area contributed by atoms with Gasteiger partial charge in [0.1, 0.15) is 0 Å². The topological polar surface area (TPSA) is 95.5 Å². The first-order valence-electron chi connectivity index (χ1n) is 7.78. The van der Waals surface area contributed by atoms with E-state index in [-0.39, 0.29) is 12.3 Å². The molecule has 2 aromatic rings. The zero-order valence-corrected chi connectivity index (χ0v) is 14.1. The summed E-state index contributed by atoms with van der Waals surface area (Å²) < 4.78 is 0. The van der Waals surface area contributed by atoms with E-state index < -0.39 is 17.3 Å². The molecule has 0 spiro atoms. The number of carboxylic acid groups (broad SMARTS) is 1. The molecule has 0 aliphatic carbocycles. The maximum atomic E-state index is 12.4. The highest BCUT2D eigenvalue weighted by molar-refractivity contribution is 5.98. The monoisotopic (exact) mass is 340 g/mol. The van der Waals surface area contributed by atoms with E-state index in [2.05, 4.69) is 10.6 Å². The number of nitrogens with one attached hydrogen (secondary N) is 2. The van der Waals surface area contributed by atoms with E-state index in [1.807, 2.05) is 0 Å². The van der Waals surface area contributed by atoms with Crippen LogP contribution in [-0.4, -0.2) is 29.9 Å². The lowest BCUT2D eigenvalue weighted by Crippen LogP contribution is -2.36.